The molecular formula is C12H8Cl3F2N3O3. The van der Waals surface area contributed by atoms with Gasteiger partial charge in [0.05, 0.1) is 5.69 Å². The number of likely N-dealkylation sites (N-methyl/N-ethyl adjacent to an activating group) is 1. The second-order valence-electron chi connectivity index (χ2n) is 4.45. The van der Waals surface area contributed by atoms with Gasteiger partial charge in [-0.2, -0.15) is 0 Å². The number of hydrogen-bond donors (Lipinski definition) is 1. The number of aliphatic hydroxyl groups excluding tert-OH is 1. The zero-order valence-corrected chi connectivity index (χ0v) is 13.6. The van der Waals surface area contributed by atoms with Crippen molar-refractivity contribution in [1.29, 1.82) is 0 Å². The molecule has 1 aromatic carbocycles. The van der Waals surface area contributed by atoms with Crippen molar-refractivity contribution < 1.29 is 23.5 Å². The number of urea groups is 1. The fourth-order valence-corrected chi connectivity index (χ4v) is 1.92. The quantitative estimate of drug-likeness (QED) is 0.627. The third-order valence-electron chi connectivity index (χ3n) is 2.88. The van der Waals surface area contributed by atoms with Crippen LogP contribution in [0.3, 0.4) is 0 Å². The predicted octanol–water partition coefficient (Wildman–Crippen LogP) is 2.45. The molecule has 23 heavy (non-hydrogen) atoms. The van der Waals surface area contributed by atoms with Crippen molar-refractivity contribution in [3.63, 3.8) is 0 Å². The number of nitrogens with zero attached hydrogens (tertiary/aromatic N) is 3. The molecule has 0 bridgehead atoms. The average molecular weight is 387 g/mol. The molecule has 0 radical (unpaired) electrons. The molecule has 11 heteroatoms. The monoisotopic (exact) mass is 385 g/mol. The van der Waals surface area contributed by atoms with Crippen molar-refractivity contribution in [2.75, 3.05) is 11.9 Å². The smallest absolute Gasteiger partial charge is 0.337 e. The van der Waals surface area contributed by atoms with Crippen LogP contribution in [0.4, 0.5) is 19.3 Å². The number of aliphatic imine (C=N–C) groups is 1. The molecule has 1 aliphatic heterocycles. The summed E-state index contributed by atoms with van der Waals surface area (Å²) in [6.07, 6.45) is -1.93. The number of carbonyl (C=O) groups is 2. The van der Waals surface area contributed by atoms with Crippen LogP contribution in [-0.2, 0) is 4.79 Å². The van der Waals surface area contributed by atoms with E-state index in [1.807, 2.05) is 0 Å². The van der Waals surface area contributed by atoms with Crippen LogP contribution in [0.5, 0.6) is 0 Å². The van der Waals surface area contributed by atoms with Crippen molar-refractivity contribution >= 4 is 58.3 Å². The van der Waals surface area contributed by atoms with E-state index >= 15 is 0 Å². The van der Waals surface area contributed by atoms with Crippen LogP contribution in [0.2, 0.25) is 0 Å². The van der Waals surface area contributed by atoms with E-state index < -0.39 is 45.1 Å². The number of carbonyl (C=O) groups excluding carboxylic acids is 2. The Hall–Kier alpha value is -1.48. The van der Waals surface area contributed by atoms with Gasteiger partial charge in [0, 0.05) is 13.1 Å². The number of amidine groups is 1. The molecule has 1 heterocycles. The van der Waals surface area contributed by atoms with Gasteiger partial charge in [0.2, 0.25) is 9.63 Å². The molecule has 1 aromatic rings. The first-order valence-electron chi connectivity index (χ1n) is 5.94. The second kappa shape index (κ2) is 6.20. The summed E-state index contributed by atoms with van der Waals surface area (Å²) < 4.78 is 24.5. The second-order valence-corrected chi connectivity index (χ2v) is 6.81. The van der Waals surface area contributed by atoms with E-state index in [1.165, 1.54) is 0 Å². The summed E-state index contributed by atoms with van der Waals surface area (Å²) in [7, 11) is 1.16. The van der Waals surface area contributed by atoms with E-state index in [1.54, 1.807) is 0 Å². The summed E-state index contributed by atoms with van der Waals surface area (Å²) in [5, 5.41) is 9.60. The Morgan fingerprint density at radius 3 is 2.39 bits per heavy atom. The van der Waals surface area contributed by atoms with Gasteiger partial charge in [-0.15, -0.1) is 0 Å². The van der Waals surface area contributed by atoms with E-state index in [0.29, 0.717) is 11.0 Å². The van der Waals surface area contributed by atoms with Gasteiger partial charge < -0.3 is 5.11 Å². The van der Waals surface area contributed by atoms with Gasteiger partial charge in [-0.25, -0.2) is 23.5 Å². The van der Waals surface area contributed by atoms with Gasteiger partial charge in [-0.1, -0.05) is 34.8 Å². The summed E-state index contributed by atoms with van der Waals surface area (Å²) >= 11 is 16.3. The molecular weight excluding hydrogens is 379 g/mol. The van der Waals surface area contributed by atoms with Crippen molar-refractivity contribution in [2.45, 2.75) is 10.0 Å². The fraction of sp³-hybridized carbons (Fsp3) is 0.250. The van der Waals surface area contributed by atoms with Crippen molar-refractivity contribution in [2.24, 2.45) is 4.99 Å². The van der Waals surface area contributed by atoms with Crippen molar-refractivity contribution in [3.8, 4) is 0 Å². The number of aliphatic hydroxyl groups is 1. The molecule has 124 valence electrons. The van der Waals surface area contributed by atoms with Crippen molar-refractivity contribution in [3.05, 3.63) is 29.8 Å². The third-order valence-corrected chi connectivity index (χ3v) is 3.46. The summed E-state index contributed by atoms with van der Waals surface area (Å²) in [6, 6.07) is 1.35. The largest absolute Gasteiger partial charge is 0.368 e. The van der Waals surface area contributed by atoms with E-state index in [0.717, 1.165) is 24.1 Å². The first-order valence-corrected chi connectivity index (χ1v) is 7.07. The molecule has 0 aromatic heterocycles. The fourth-order valence-electron chi connectivity index (χ4n) is 1.78. The Morgan fingerprint density at radius 1 is 1.26 bits per heavy atom. The summed E-state index contributed by atoms with van der Waals surface area (Å²) in [6.45, 7) is 0. The van der Waals surface area contributed by atoms with Crippen molar-refractivity contribution in [1.82, 2.24) is 4.90 Å². The van der Waals surface area contributed by atoms with Crippen LogP contribution < -0.4 is 4.90 Å². The maximum Gasteiger partial charge on any atom is 0.337 e. The van der Waals surface area contributed by atoms with Crippen LogP contribution in [0.1, 0.15) is 0 Å². The summed E-state index contributed by atoms with van der Waals surface area (Å²) in [5.41, 5.74) is -0.471. The Morgan fingerprint density at radius 2 is 1.87 bits per heavy atom. The SMILES string of the molecule is CN1C(=O)N(c2ccc(F)cc2F)C(=O)C1=NC(O)C(Cl)(Cl)Cl. The highest BCUT2D eigenvalue weighted by Crippen LogP contribution is 2.32. The van der Waals surface area contributed by atoms with E-state index in [9.17, 15) is 23.5 Å². The van der Waals surface area contributed by atoms with Gasteiger partial charge >= 0.3 is 11.9 Å². The molecule has 1 saturated heterocycles. The number of halogens is 5. The Balaban J connectivity index is 2.44. The van der Waals surface area contributed by atoms with E-state index in [-0.39, 0.29) is 0 Å². The zero-order chi connectivity index (χ0) is 17.5. The minimum Gasteiger partial charge on any atom is -0.368 e. The lowest BCUT2D eigenvalue weighted by molar-refractivity contribution is -0.111. The first kappa shape index (κ1) is 17.9. The highest BCUT2D eigenvalue weighted by Gasteiger charge is 2.44. The minimum absolute atomic E-state index is 0.429. The molecule has 0 spiro atoms. The molecule has 0 aliphatic carbocycles. The number of anilines is 1. The Labute approximate surface area is 143 Å². The molecule has 1 fully saturated rings. The van der Waals surface area contributed by atoms with Crippen LogP contribution in [0.25, 0.3) is 0 Å². The number of rotatable bonds is 2. The summed E-state index contributed by atoms with van der Waals surface area (Å²) in [4.78, 5) is 29.0. The highest BCUT2D eigenvalue weighted by atomic mass is 35.6. The number of amides is 3. The number of benzene rings is 1. The third kappa shape index (κ3) is 3.40. The minimum atomic E-state index is -2.23. The standard InChI is InChI=1S/C12H8Cl3F2N3O3/c1-19-8(18-10(22)12(13,14)15)9(21)20(11(19)23)7-3-2-5(16)4-6(7)17/h2-4,10,22H,1H3. The summed E-state index contributed by atoms with van der Waals surface area (Å²) in [5.74, 6) is -3.61. The first-order chi connectivity index (χ1) is 10.5. The highest BCUT2D eigenvalue weighted by molar-refractivity contribution is 6.68. The number of hydrogen-bond acceptors (Lipinski definition) is 4. The maximum atomic E-state index is 13.8. The van der Waals surface area contributed by atoms with E-state index in [4.69, 9.17) is 34.8 Å². The van der Waals surface area contributed by atoms with Gasteiger partial charge in [-0.05, 0) is 12.1 Å². The Kier molecular flexibility index (Phi) is 4.81. The van der Waals surface area contributed by atoms with Crippen LogP contribution in [0.15, 0.2) is 23.2 Å². The lowest BCUT2D eigenvalue weighted by atomic mass is 10.2. The van der Waals surface area contributed by atoms with Gasteiger partial charge in [0.25, 0.3) is 0 Å². The lowest BCUT2D eigenvalue weighted by Gasteiger charge is -2.16. The van der Waals surface area contributed by atoms with E-state index in [2.05, 4.69) is 4.99 Å². The number of alkyl halides is 3. The van der Waals surface area contributed by atoms with Gasteiger partial charge in [0.1, 0.15) is 11.6 Å². The Bertz CT molecular complexity index is 709. The topological polar surface area (TPSA) is 73.2 Å². The molecule has 3 amide bonds. The maximum absolute atomic E-state index is 13.8. The van der Waals surface area contributed by atoms with Crippen LogP contribution in [0, 0.1) is 11.6 Å². The molecule has 2 rings (SSSR count). The molecule has 1 N–H and O–H groups in total. The lowest BCUT2D eigenvalue weighted by Crippen LogP contribution is -2.32. The molecule has 1 atom stereocenters. The zero-order valence-electron chi connectivity index (χ0n) is 11.3. The van der Waals surface area contributed by atoms with Crippen LogP contribution >= 0.6 is 34.8 Å². The van der Waals surface area contributed by atoms with Crippen LogP contribution in [-0.4, -0.2) is 44.8 Å². The number of imide groups is 1. The molecule has 6 nitrogen and oxygen atoms in total. The van der Waals surface area contributed by atoms with Gasteiger partial charge in [-0.3, -0.25) is 9.69 Å². The average Bonchev–Trinajstić information content (AvgIpc) is 2.63. The molecule has 0 saturated carbocycles. The normalized spacial score (nSPS) is 19.0. The predicted molar refractivity (Wildman–Crippen MR) is 80.7 cm³/mol. The molecule has 1 aliphatic rings. The van der Waals surface area contributed by atoms with Gasteiger partial charge in [0.15, 0.2) is 6.23 Å². The molecule has 1 unspecified atom stereocenters.